The average molecular weight is 540 g/mol. The number of carbonyl (C=O) groups is 1. The van der Waals surface area contributed by atoms with Gasteiger partial charge in [-0.05, 0) is 35.6 Å². The van der Waals surface area contributed by atoms with Gasteiger partial charge in [0, 0.05) is 55.8 Å². The highest BCUT2D eigenvalue weighted by Crippen LogP contribution is 2.38. The monoisotopic (exact) mass is 539 g/mol. The first-order chi connectivity index (χ1) is 18.5. The number of hydrogen-bond acceptors (Lipinski definition) is 4. The second-order valence-corrected chi connectivity index (χ2v) is 10.5. The van der Waals surface area contributed by atoms with E-state index in [9.17, 15) is 28.1 Å². The molecule has 0 saturated carbocycles. The molecule has 3 aromatic rings. The number of carbonyl (C=O) groups excluding carboxylic acids is 1. The molecule has 0 bridgehead atoms. The Morgan fingerprint density at radius 3 is 2.38 bits per heavy atom. The van der Waals surface area contributed by atoms with Gasteiger partial charge < -0.3 is 4.90 Å². The van der Waals surface area contributed by atoms with Gasteiger partial charge in [-0.3, -0.25) is 19.8 Å². The third-order valence-corrected chi connectivity index (χ3v) is 7.09. The van der Waals surface area contributed by atoms with Crippen molar-refractivity contribution < 1.29 is 22.9 Å². The van der Waals surface area contributed by atoms with Crippen molar-refractivity contribution in [1.29, 1.82) is 0 Å². The van der Waals surface area contributed by atoms with E-state index >= 15 is 0 Å². The van der Waals surface area contributed by atoms with E-state index in [1.54, 1.807) is 53.4 Å². The topological polar surface area (TPSA) is 66.7 Å². The summed E-state index contributed by atoms with van der Waals surface area (Å²) in [6.45, 7) is 6.11. The molecular weight excluding hydrogens is 507 g/mol. The number of likely N-dealkylation sites (tertiary alicyclic amines) is 1. The van der Waals surface area contributed by atoms with Crippen molar-refractivity contribution in [2.45, 2.75) is 32.5 Å². The average Bonchev–Trinajstić information content (AvgIpc) is 3.30. The summed E-state index contributed by atoms with van der Waals surface area (Å²) in [7, 11) is 0. The number of nitro benzene ring substituents is 1. The van der Waals surface area contributed by atoms with Gasteiger partial charge in [0.1, 0.15) is 0 Å². The number of halogens is 3. The van der Waals surface area contributed by atoms with Crippen LogP contribution < -0.4 is 0 Å². The standard InChI is InChI=1S/C30H32F3N3O3/c1-21(2)16-35(29(37)22-9-4-3-5-10-22)19-25-18-34(17-24-11-6-7-14-28(24)36(38)39)20-27(25)23-12-8-13-26(15-23)30(31,32)33/h3-15,21,25,27H,16-20H2,1-2H3/t25-,27-/m0/s1. The van der Waals surface area contributed by atoms with Crippen LogP contribution in [-0.2, 0) is 12.7 Å². The predicted octanol–water partition coefficient (Wildman–Crippen LogP) is 6.63. The molecule has 0 spiro atoms. The van der Waals surface area contributed by atoms with Crippen molar-refractivity contribution in [3.8, 4) is 0 Å². The molecule has 39 heavy (non-hydrogen) atoms. The maximum absolute atomic E-state index is 13.6. The minimum atomic E-state index is -4.47. The fourth-order valence-corrected chi connectivity index (χ4v) is 5.39. The molecule has 0 unspecified atom stereocenters. The van der Waals surface area contributed by atoms with Gasteiger partial charge in [-0.15, -0.1) is 0 Å². The Bertz CT molecular complexity index is 1300. The number of amides is 1. The molecule has 0 aromatic heterocycles. The van der Waals surface area contributed by atoms with E-state index in [1.165, 1.54) is 18.2 Å². The minimum absolute atomic E-state index is 0.0114. The zero-order chi connectivity index (χ0) is 28.2. The van der Waals surface area contributed by atoms with Crippen molar-refractivity contribution in [1.82, 2.24) is 9.80 Å². The first kappa shape index (κ1) is 28.3. The van der Waals surface area contributed by atoms with Crippen LogP contribution in [-0.4, -0.2) is 46.8 Å². The van der Waals surface area contributed by atoms with Gasteiger partial charge in [0.15, 0.2) is 0 Å². The number of rotatable bonds is 9. The number of benzene rings is 3. The molecule has 1 amide bonds. The van der Waals surface area contributed by atoms with Crippen molar-refractivity contribution in [2.24, 2.45) is 11.8 Å². The number of hydrogen-bond donors (Lipinski definition) is 0. The lowest BCUT2D eigenvalue weighted by atomic mass is 9.87. The Balaban J connectivity index is 1.66. The van der Waals surface area contributed by atoms with Crippen molar-refractivity contribution in [3.63, 3.8) is 0 Å². The lowest BCUT2D eigenvalue weighted by Gasteiger charge is -2.30. The van der Waals surface area contributed by atoms with Crippen molar-refractivity contribution in [2.75, 3.05) is 26.2 Å². The SMILES string of the molecule is CC(C)CN(C[C@@H]1CN(Cc2ccccc2[N+](=O)[O-])C[C@H]1c1cccc(C(F)(F)F)c1)C(=O)c1ccccc1. The summed E-state index contributed by atoms with van der Waals surface area (Å²) in [5, 5.41) is 11.6. The van der Waals surface area contributed by atoms with Gasteiger partial charge in [0.05, 0.1) is 10.5 Å². The molecule has 6 nitrogen and oxygen atoms in total. The molecule has 1 fully saturated rings. The molecule has 4 rings (SSSR count). The van der Waals surface area contributed by atoms with E-state index in [1.807, 2.05) is 24.8 Å². The lowest BCUT2D eigenvalue weighted by Crippen LogP contribution is -2.39. The Labute approximate surface area is 226 Å². The minimum Gasteiger partial charge on any atom is -0.338 e. The molecule has 206 valence electrons. The van der Waals surface area contributed by atoms with Gasteiger partial charge in [-0.1, -0.05) is 68.4 Å². The van der Waals surface area contributed by atoms with Crippen molar-refractivity contribution >= 4 is 11.6 Å². The number of nitro groups is 1. The van der Waals surface area contributed by atoms with Gasteiger partial charge in [0.25, 0.3) is 11.6 Å². The summed E-state index contributed by atoms with van der Waals surface area (Å²) < 4.78 is 40.7. The highest BCUT2D eigenvalue weighted by Gasteiger charge is 2.38. The van der Waals surface area contributed by atoms with Gasteiger partial charge in [-0.2, -0.15) is 13.2 Å². The van der Waals surface area contributed by atoms with Crippen molar-refractivity contribution in [3.05, 3.63) is 111 Å². The van der Waals surface area contributed by atoms with Crippen LogP contribution in [0.3, 0.4) is 0 Å². The molecule has 0 N–H and O–H groups in total. The molecule has 3 aromatic carbocycles. The Hall–Kier alpha value is -3.72. The zero-order valence-electron chi connectivity index (χ0n) is 22.0. The van der Waals surface area contributed by atoms with Gasteiger partial charge in [-0.25, -0.2) is 0 Å². The fourth-order valence-electron chi connectivity index (χ4n) is 5.39. The van der Waals surface area contributed by atoms with E-state index in [0.29, 0.717) is 49.4 Å². The van der Waals surface area contributed by atoms with Crippen LogP contribution in [0.25, 0.3) is 0 Å². The smallest absolute Gasteiger partial charge is 0.338 e. The van der Waals surface area contributed by atoms with Crippen LogP contribution in [0.1, 0.15) is 46.8 Å². The predicted molar refractivity (Wildman–Crippen MR) is 143 cm³/mol. The Morgan fingerprint density at radius 2 is 1.72 bits per heavy atom. The summed E-state index contributed by atoms with van der Waals surface area (Å²) in [6, 6.07) is 20.8. The Kier molecular flexibility index (Phi) is 8.70. The van der Waals surface area contributed by atoms with Crippen LogP contribution in [0.2, 0.25) is 0 Å². The number of alkyl halides is 3. The molecule has 1 aliphatic heterocycles. The normalized spacial score (nSPS) is 17.9. The van der Waals surface area contributed by atoms with E-state index in [-0.39, 0.29) is 29.3 Å². The summed E-state index contributed by atoms with van der Waals surface area (Å²) in [5.41, 5.74) is 0.956. The fraction of sp³-hybridized carbons (Fsp3) is 0.367. The van der Waals surface area contributed by atoms with Crippen LogP contribution >= 0.6 is 0 Å². The van der Waals surface area contributed by atoms with Crippen LogP contribution in [0, 0.1) is 22.0 Å². The van der Waals surface area contributed by atoms with Crippen LogP contribution in [0.15, 0.2) is 78.9 Å². The molecule has 1 saturated heterocycles. The van der Waals surface area contributed by atoms with E-state index in [4.69, 9.17) is 0 Å². The zero-order valence-corrected chi connectivity index (χ0v) is 22.0. The third-order valence-electron chi connectivity index (χ3n) is 7.09. The first-order valence-electron chi connectivity index (χ1n) is 13.0. The molecule has 2 atom stereocenters. The highest BCUT2D eigenvalue weighted by molar-refractivity contribution is 5.94. The van der Waals surface area contributed by atoms with Crippen LogP contribution in [0.4, 0.5) is 18.9 Å². The lowest BCUT2D eigenvalue weighted by molar-refractivity contribution is -0.385. The van der Waals surface area contributed by atoms with Crippen LogP contribution in [0.5, 0.6) is 0 Å². The third kappa shape index (κ3) is 7.03. The van der Waals surface area contributed by atoms with Gasteiger partial charge in [0.2, 0.25) is 0 Å². The Morgan fingerprint density at radius 1 is 1.03 bits per heavy atom. The summed E-state index contributed by atoms with van der Waals surface area (Å²) >= 11 is 0. The molecule has 1 aliphatic rings. The molecule has 0 aliphatic carbocycles. The maximum Gasteiger partial charge on any atom is 0.416 e. The largest absolute Gasteiger partial charge is 0.416 e. The summed E-state index contributed by atoms with van der Waals surface area (Å²) in [5.74, 6) is -0.380. The number of para-hydroxylation sites is 1. The summed E-state index contributed by atoms with van der Waals surface area (Å²) in [6.07, 6.45) is -4.47. The quantitative estimate of drug-likeness (QED) is 0.226. The molecule has 0 radical (unpaired) electrons. The second kappa shape index (κ2) is 12.0. The summed E-state index contributed by atoms with van der Waals surface area (Å²) in [4.78, 5) is 28.5. The molecule has 1 heterocycles. The molecular formula is C30H32F3N3O3. The number of nitrogens with zero attached hydrogens (tertiary/aromatic N) is 3. The van der Waals surface area contributed by atoms with Gasteiger partial charge >= 0.3 is 6.18 Å². The molecule has 9 heteroatoms. The first-order valence-corrected chi connectivity index (χ1v) is 13.0. The maximum atomic E-state index is 13.6. The van der Waals surface area contributed by atoms with E-state index < -0.39 is 16.7 Å². The second-order valence-electron chi connectivity index (χ2n) is 10.5. The van der Waals surface area contributed by atoms with E-state index in [2.05, 4.69) is 0 Å². The highest BCUT2D eigenvalue weighted by atomic mass is 19.4. The van der Waals surface area contributed by atoms with E-state index in [0.717, 1.165) is 6.07 Å².